The Morgan fingerprint density at radius 3 is 3.00 bits per heavy atom. The molecule has 0 spiro atoms. The Morgan fingerprint density at radius 2 is 2.22 bits per heavy atom. The number of aromatic nitrogens is 3. The van der Waals surface area contributed by atoms with Crippen LogP contribution in [0.1, 0.15) is 41.6 Å². The topological polar surface area (TPSA) is 75.0 Å². The van der Waals surface area contributed by atoms with Crippen molar-refractivity contribution in [2.45, 2.75) is 25.3 Å². The van der Waals surface area contributed by atoms with Crippen LogP contribution in [-0.4, -0.2) is 32.5 Å². The van der Waals surface area contributed by atoms with E-state index in [-0.39, 0.29) is 11.9 Å². The first kappa shape index (κ1) is 14.4. The Bertz CT molecular complexity index is 843. The molecule has 118 valence electrons. The number of H-pyrrole nitrogens is 1. The highest BCUT2D eigenvalue weighted by atomic mass is 79.9. The van der Waals surface area contributed by atoms with Gasteiger partial charge in [0.05, 0.1) is 10.5 Å². The molecular weight excluding hydrogens is 360 g/mol. The van der Waals surface area contributed by atoms with Crippen LogP contribution in [0.5, 0.6) is 0 Å². The number of piperidine rings is 1. The summed E-state index contributed by atoms with van der Waals surface area (Å²) in [7, 11) is 0. The zero-order chi connectivity index (χ0) is 15.8. The SMILES string of the molecule is O=C(c1[nH]c2ccccc2c1Br)N1CCCCC1c1ncon1. The maximum absolute atomic E-state index is 13.1. The summed E-state index contributed by atoms with van der Waals surface area (Å²) < 4.78 is 5.66. The standard InChI is InChI=1S/C16H15BrN4O2/c17-13-10-5-1-2-6-11(10)19-14(13)16(22)21-8-4-3-7-12(21)15-18-9-23-20-15/h1-2,5-6,9,12,19H,3-4,7-8H2. The number of carbonyl (C=O) groups is 1. The number of hydrogen-bond acceptors (Lipinski definition) is 4. The molecule has 23 heavy (non-hydrogen) atoms. The van der Waals surface area contributed by atoms with Gasteiger partial charge in [-0.1, -0.05) is 23.4 Å². The van der Waals surface area contributed by atoms with E-state index in [1.807, 2.05) is 29.2 Å². The molecule has 0 saturated carbocycles. The molecule has 0 aliphatic carbocycles. The fraction of sp³-hybridized carbons (Fsp3) is 0.312. The molecule has 1 aromatic carbocycles. The van der Waals surface area contributed by atoms with Crippen LogP contribution in [0.4, 0.5) is 0 Å². The van der Waals surface area contributed by atoms with Gasteiger partial charge < -0.3 is 14.4 Å². The predicted molar refractivity (Wildman–Crippen MR) is 87.9 cm³/mol. The molecule has 1 atom stereocenters. The number of fused-ring (bicyclic) bond motifs is 1. The fourth-order valence-electron chi connectivity index (χ4n) is 3.17. The van der Waals surface area contributed by atoms with E-state index in [0.29, 0.717) is 18.1 Å². The molecular formula is C16H15BrN4O2. The summed E-state index contributed by atoms with van der Waals surface area (Å²) in [6, 6.07) is 7.72. The van der Waals surface area contributed by atoms with Crippen LogP contribution in [0.2, 0.25) is 0 Å². The molecule has 1 aliphatic rings. The van der Waals surface area contributed by atoms with Crippen molar-refractivity contribution in [2.24, 2.45) is 0 Å². The molecule has 1 amide bonds. The number of carbonyl (C=O) groups excluding carboxylic acids is 1. The minimum atomic E-state index is -0.131. The van der Waals surface area contributed by atoms with Gasteiger partial charge >= 0.3 is 0 Å². The summed E-state index contributed by atoms with van der Waals surface area (Å²) in [4.78, 5) is 22.3. The molecule has 0 radical (unpaired) electrons. The molecule has 6 nitrogen and oxygen atoms in total. The lowest BCUT2D eigenvalue weighted by Gasteiger charge is -2.33. The molecule has 1 fully saturated rings. The van der Waals surface area contributed by atoms with Crippen LogP contribution in [-0.2, 0) is 0 Å². The smallest absolute Gasteiger partial charge is 0.272 e. The first-order valence-corrected chi connectivity index (χ1v) is 8.38. The van der Waals surface area contributed by atoms with Gasteiger partial charge in [-0.2, -0.15) is 4.98 Å². The summed E-state index contributed by atoms with van der Waals surface area (Å²) >= 11 is 3.56. The number of halogens is 1. The van der Waals surface area contributed by atoms with E-state index in [9.17, 15) is 4.79 Å². The Balaban J connectivity index is 1.72. The van der Waals surface area contributed by atoms with Gasteiger partial charge in [-0.15, -0.1) is 0 Å². The van der Waals surface area contributed by atoms with Crippen LogP contribution in [0.15, 0.2) is 39.7 Å². The van der Waals surface area contributed by atoms with E-state index in [1.54, 1.807) is 0 Å². The number of benzene rings is 1. The number of aromatic amines is 1. The molecule has 3 heterocycles. The average molecular weight is 375 g/mol. The number of amides is 1. The summed E-state index contributed by atoms with van der Waals surface area (Å²) in [6.45, 7) is 0.694. The van der Waals surface area contributed by atoms with Crippen LogP contribution in [0.25, 0.3) is 10.9 Å². The lowest BCUT2D eigenvalue weighted by atomic mass is 10.0. The van der Waals surface area contributed by atoms with Gasteiger partial charge in [0.1, 0.15) is 5.69 Å². The number of hydrogen-bond donors (Lipinski definition) is 1. The molecule has 1 unspecified atom stereocenters. The first-order valence-electron chi connectivity index (χ1n) is 7.59. The molecule has 2 aromatic heterocycles. The van der Waals surface area contributed by atoms with Crippen molar-refractivity contribution in [3.8, 4) is 0 Å². The third-order valence-corrected chi connectivity index (χ3v) is 5.12. The van der Waals surface area contributed by atoms with Gasteiger partial charge in [0.15, 0.2) is 5.82 Å². The maximum Gasteiger partial charge on any atom is 0.272 e. The van der Waals surface area contributed by atoms with Crippen LogP contribution in [0, 0.1) is 0 Å². The third-order valence-electron chi connectivity index (χ3n) is 4.30. The van der Waals surface area contributed by atoms with Crippen molar-refractivity contribution in [3.05, 3.63) is 46.7 Å². The van der Waals surface area contributed by atoms with Gasteiger partial charge in [-0.25, -0.2) is 0 Å². The molecule has 7 heteroatoms. The van der Waals surface area contributed by atoms with Crippen molar-refractivity contribution >= 4 is 32.7 Å². The highest BCUT2D eigenvalue weighted by Crippen LogP contribution is 2.33. The average Bonchev–Trinajstić information content (AvgIpc) is 3.23. The van der Waals surface area contributed by atoms with Crippen molar-refractivity contribution in [1.82, 2.24) is 20.0 Å². The van der Waals surface area contributed by atoms with Gasteiger partial charge in [-0.3, -0.25) is 4.79 Å². The number of para-hydroxylation sites is 1. The van der Waals surface area contributed by atoms with Crippen molar-refractivity contribution in [3.63, 3.8) is 0 Å². The van der Waals surface area contributed by atoms with Gasteiger partial charge in [0.2, 0.25) is 6.39 Å². The lowest BCUT2D eigenvalue weighted by molar-refractivity contribution is 0.0591. The summed E-state index contributed by atoms with van der Waals surface area (Å²) in [5.41, 5.74) is 1.51. The Hall–Kier alpha value is -2.15. The van der Waals surface area contributed by atoms with Gasteiger partial charge in [0.25, 0.3) is 5.91 Å². The van der Waals surface area contributed by atoms with E-state index in [2.05, 4.69) is 31.1 Å². The highest BCUT2D eigenvalue weighted by molar-refractivity contribution is 9.10. The first-order chi connectivity index (χ1) is 11.3. The van der Waals surface area contributed by atoms with E-state index in [1.165, 1.54) is 6.39 Å². The van der Waals surface area contributed by atoms with E-state index < -0.39 is 0 Å². The molecule has 4 rings (SSSR count). The minimum absolute atomic E-state index is 0.0393. The second-order valence-corrected chi connectivity index (χ2v) is 6.45. The zero-order valence-electron chi connectivity index (χ0n) is 12.3. The maximum atomic E-state index is 13.1. The predicted octanol–water partition coefficient (Wildman–Crippen LogP) is 3.68. The second-order valence-electron chi connectivity index (χ2n) is 5.66. The van der Waals surface area contributed by atoms with E-state index in [0.717, 1.165) is 34.6 Å². The number of likely N-dealkylation sites (tertiary alicyclic amines) is 1. The quantitative estimate of drug-likeness (QED) is 0.742. The second kappa shape index (κ2) is 5.81. The molecule has 1 aliphatic heterocycles. The highest BCUT2D eigenvalue weighted by Gasteiger charge is 2.33. The summed E-state index contributed by atoms with van der Waals surface area (Å²) in [6.07, 6.45) is 4.20. The van der Waals surface area contributed by atoms with Crippen LogP contribution in [0.3, 0.4) is 0 Å². The summed E-state index contributed by atoms with van der Waals surface area (Å²) in [5.74, 6) is 0.535. The van der Waals surface area contributed by atoms with Gasteiger partial charge in [0, 0.05) is 17.4 Å². The number of nitrogens with zero attached hydrogens (tertiary/aromatic N) is 3. The largest absolute Gasteiger partial charge is 0.350 e. The van der Waals surface area contributed by atoms with E-state index >= 15 is 0 Å². The number of nitrogens with one attached hydrogen (secondary N) is 1. The minimum Gasteiger partial charge on any atom is -0.350 e. The lowest BCUT2D eigenvalue weighted by Crippen LogP contribution is -2.39. The van der Waals surface area contributed by atoms with Crippen LogP contribution >= 0.6 is 15.9 Å². The number of rotatable bonds is 2. The van der Waals surface area contributed by atoms with Crippen molar-refractivity contribution in [1.29, 1.82) is 0 Å². The summed E-state index contributed by atoms with van der Waals surface area (Å²) in [5, 5.41) is 4.93. The monoisotopic (exact) mass is 374 g/mol. The van der Waals surface area contributed by atoms with Crippen LogP contribution < -0.4 is 0 Å². The van der Waals surface area contributed by atoms with Gasteiger partial charge in [-0.05, 0) is 41.3 Å². The molecule has 3 aromatic rings. The molecule has 1 N–H and O–H groups in total. The van der Waals surface area contributed by atoms with Crippen molar-refractivity contribution in [2.75, 3.05) is 6.54 Å². The zero-order valence-corrected chi connectivity index (χ0v) is 13.9. The van der Waals surface area contributed by atoms with E-state index in [4.69, 9.17) is 4.52 Å². The fourth-order valence-corrected chi connectivity index (χ4v) is 3.78. The molecule has 1 saturated heterocycles. The third kappa shape index (κ3) is 2.45. The Labute approximate surface area is 141 Å². The normalized spacial score (nSPS) is 18.5. The van der Waals surface area contributed by atoms with Crippen molar-refractivity contribution < 1.29 is 9.32 Å². The Morgan fingerprint density at radius 1 is 1.35 bits per heavy atom. The molecule has 0 bridgehead atoms. The Kier molecular flexibility index (Phi) is 3.65.